The van der Waals surface area contributed by atoms with Gasteiger partial charge < -0.3 is 15.0 Å². The predicted molar refractivity (Wildman–Crippen MR) is 75.5 cm³/mol. The topological polar surface area (TPSA) is 58.6 Å². The van der Waals surface area contributed by atoms with Crippen LogP contribution in [0.4, 0.5) is 4.39 Å². The molecule has 1 aromatic carbocycles. The number of ether oxygens (including phenoxy) is 1. The molecule has 0 aromatic heterocycles. The summed E-state index contributed by atoms with van der Waals surface area (Å²) in [6.07, 6.45) is 0. The van der Waals surface area contributed by atoms with E-state index >= 15 is 0 Å². The molecule has 1 aliphatic rings. The molecule has 114 valence electrons. The van der Waals surface area contributed by atoms with Crippen molar-refractivity contribution in [1.29, 1.82) is 0 Å². The Hall–Kier alpha value is -1.95. The summed E-state index contributed by atoms with van der Waals surface area (Å²) >= 11 is 0. The number of amides is 2. The van der Waals surface area contributed by atoms with Crippen LogP contribution in [0.1, 0.15) is 22.8 Å². The van der Waals surface area contributed by atoms with Crippen LogP contribution in [0.2, 0.25) is 0 Å². The van der Waals surface area contributed by atoms with E-state index in [1.54, 1.807) is 24.8 Å². The van der Waals surface area contributed by atoms with E-state index in [-0.39, 0.29) is 11.5 Å². The van der Waals surface area contributed by atoms with Crippen LogP contribution in [0, 0.1) is 12.7 Å². The molecule has 1 aromatic rings. The van der Waals surface area contributed by atoms with E-state index in [4.69, 9.17) is 4.74 Å². The Balaban J connectivity index is 2.01. The van der Waals surface area contributed by atoms with E-state index in [0.717, 1.165) is 5.56 Å². The average Bonchev–Trinajstić information content (AvgIpc) is 2.49. The fraction of sp³-hybridized carbons (Fsp3) is 0.467. The number of hydrogen-bond donors (Lipinski definition) is 1. The second kappa shape index (κ2) is 6.67. The number of benzene rings is 1. The molecule has 6 heteroatoms. The van der Waals surface area contributed by atoms with Crippen LogP contribution < -0.4 is 5.32 Å². The molecule has 1 saturated heterocycles. The van der Waals surface area contributed by atoms with Gasteiger partial charge in [0.15, 0.2) is 0 Å². The third-order valence-corrected chi connectivity index (χ3v) is 3.41. The third kappa shape index (κ3) is 3.78. The summed E-state index contributed by atoms with van der Waals surface area (Å²) in [4.78, 5) is 25.9. The second-order valence-corrected chi connectivity index (χ2v) is 5.12. The third-order valence-electron chi connectivity index (χ3n) is 3.41. The molecular weight excluding hydrogens is 275 g/mol. The van der Waals surface area contributed by atoms with Crippen LogP contribution in [-0.4, -0.2) is 49.1 Å². The van der Waals surface area contributed by atoms with Gasteiger partial charge in [-0.3, -0.25) is 9.59 Å². The first-order chi connectivity index (χ1) is 9.99. The lowest BCUT2D eigenvalue weighted by atomic mass is 10.1. The number of nitrogens with one attached hydrogen (secondary N) is 1. The molecule has 0 spiro atoms. The van der Waals surface area contributed by atoms with E-state index < -0.39 is 17.8 Å². The quantitative estimate of drug-likeness (QED) is 0.908. The molecule has 1 atom stereocenters. The number of carbonyl (C=O) groups is 2. The van der Waals surface area contributed by atoms with Crippen molar-refractivity contribution in [1.82, 2.24) is 10.2 Å². The molecule has 1 heterocycles. The van der Waals surface area contributed by atoms with Gasteiger partial charge in [0.2, 0.25) is 5.91 Å². The number of morpholine rings is 1. The lowest BCUT2D eigenvalue weighted by Gasteiger charge is -2.29. The molecule has 0 radical (unpaired) electrons. The molecule has 2 rings (SSSR count). The fourth-order valence-electron chi connectivity index (χ4n) is 2.21. The number of hydrogen-bond acceptors (Lipinski definition) is 3. The van der Waals surface area contributed by atoms with Gasteiger partial charge in [0, 0.05) is 13.1 Å². The molecule has 21 heavy (non-hydrogen) atoms. The van der Waals surface area contributed by atoms with Gasteiger partial charge in [0.25, 0.3) is 5.91 Å². The van der Waals surface area contributed by atoms with Crippen molar-refractivity contribution in [2.75, 3.05) is 26.3 Å². The first-order valence-electron chi connectivity index (χ1n) is 6.92. The predicted octanol–water partition coefficient (Wildman–Crippen LogP) is 1.11. The van der Waals surface area contributed by atoms with Crippen molar-refractivity contribution in [2.24, 2.45) is 0 Å². The standard InChI is InChI=1S/C15H19FN2O3/c1-10-3-4-13(16)12(9-10)14(19)17-11(2)15(20)18-5-7-21-8-6-18/h3-4,9,11H,5-8H2,1-2H3,(H,17,19). The largest absolute Gasteiger partial charge is 0.378 e. The molecule has 1 N–H and O–H groups in total. The van der Waals surface area contributed by atoms with Crippen LogP contribution in [-0.2, 0) is 9.53 Å². The van der Waals surface area contributed by atoms with Gasteiger partial charge in [-0.2, -0.15) is 0 Å². The molecule has 1 unspecified atom stereocenters. The van der Waals surface area contributed by atoms with E-state index in [1.165, 1.54) is 12.1 Å². The summed E-state index contributed by atoms with van der Waals surface area (Å²) in [6, 6.07) is 3.61. The van der Waals surface area contributed by atoms with Crippen molar-refractivity contribution < 1.29 is 18.7 Å². The maximum Gasteiger partial charge on any atom is 0.254 e. The highest BCUT2D eigenvalue weighted by Gasteiger charge is 2.24. The van der Waals surface area contributed by atoms with Crippen molar-refractivity contribution in [3.8, 4) is 0 Å². The normalized spacial score (nSPS) is 16.4. The van der Waals surface area contributed by atoms with Gasteiger partial charge in [-0.15, -0.1) is 0 Å². The molecular formula is C15H19FN2O3. The first-order valence-corrected chi connectivity index (χ1v) is 6.92. The lowest BCUT2D eigenvalue weighted by Crippen LogP contribution is -2.50. The molecule has 0 saturated carbocycles. The highest BCUT2D eigenvalue weighted by Crippen LogP contribution is 2.10. The smallest absolute Gasteiger partial charge is 0.254 e. The van der Waals surface area contributed by atoms with Crippen LogP contribution in [0.3, 0.4) is 0 Å². The highest BCUT2D eigenvalue weighted by atomic mass is 19.1. The molecule has 5 nitrogen and oxygen atoms in total. The monoisotopic (exact) mass is 294 g/mol. The zero-order valence-electron chi connectivity index (χ0n) is 12.2. The van der Waals surface area contributed by atoms with Crippen molar-refractivity contribution in [3.05, 3.63) is 35.1 Å². The Morgan fingerprint density at radius 2 is 2.00 bits per heavy atom. The number of rotatable bonds is 3. The molecule has 1 fully saturated rings. The molecule has 0 aliphatic carbocycles. The number of nitrogens with zero attached hydrogens (tertiary/aromatic N) is 1. The Morgan fingerprint density at radius 3 is 2.67 bits per heavy atom. The Labute approximate surface area is 123 Å². The summed E-state index contributed by atoms with van der Waals surface area (Å²) in [5.41, 5.74) is 0.741. The van der Waals surface area contributed by atoms with E-state index in [2.05, 4.69) is 5.32 Å². The van der Waals surface area contributed by atoms with Crippen LogP contribution >= 0.6 is 0 Å². The Kier molecular flexibility index (Phi) is 4.90. The van der Waals surface area contributed by atoms with E-state index in [0.29, 0.717) is 26.3 Å². The van der Waals surface area contributed by atoms with Gasteiger partial charge in [-0.1, -0.05) is 11.6 Å². The number of aryl methyl sites for hydroxylation is 1. The van der Waals surface area contributed by atoms with Gasteiger partial charge in [0.05, 0.1) is 18.8 Å². The minimum atomic E-state index is -0.699. The lowest BCUT2D eigenvalue weighted by molar-refractivity contribution is -0.136. The summed E-state index contributed by atoms with van der Waals surface area (Å²) in [6.45, 7) is 5.40. The van der Waals surface area contributed by atoms with Gasteiger partial charge in [-0.05, 0) is 26.0 Å². The van der Waals surface area contributed by atoms with Gasteiger partial charge in [-0.25, -0.2) is 4.39 Å². The van der Waals surface area contributed by atoms with Crippen molar-refractivity contribution >= 4 is 11.8 Å². The Morgan fingerprint density at radius 1 is 1.33 bits per heavy atom. The maximum atomic E-state index is 13.7. The SMILES string of the molecule is Cc1ccc(F)c(C(=O)NC(C)C(=O)N2CCOCC2)c1. The zero-order chi connectivity index (χ0) is 15.4. The maximum absolute atomic E-state index is 13.7. The van der Waals surface area contributed by atoms with Crippen LogP contribution in [0.15, 0.2) is 18.2 Å². The molecule has 2 amide bonds. The number of carbonyl (C=O) groups excluding carboxylic acids is 2. The zero-order valence-corrected chi connectivity index (χ0v) is 12.2. The molecule has 0 bridgehead atoms. The second-order valence-electron chi connectivity index (χ2n) is 5.12. The van der Waals surface area contributed by atoms with Crippen molar-refractivity contribution in [2.45, 2.75) is 19.9 Å². The molecule has 1 aliphatic heterocycles. The van der Waals surface area contributed by atoms with Gasteiger partial charge >= 0.3 is 0 Å². The minimum absolute atomic E-state index is 0.0448. The average molecular weight is 294 g/mol. The summed E-state index contributed by atoms with van der Waals surface area (Å²) in [7, 11) is 0. The van der Waals surface area contributed by atoms with Crippen LogP contribution in [0.5, 0.6) is 0 Å². The van der Waals surface area contributed by atoms with Crippen molar-refractivity contribution in [3.63, 3.8) is 0 Å². The van der Waals surface area contributed by atoms with Crippen LogP contribution in [0.25, 0.3) is 0 Å². The minimum Gasteiger partial charge on any atom is -0.378 e. The number of halogens is 1. The van der Waals surface area contributed by atoms with Gasteiger partial charge in [0.1, 0.15) is 11.9 Å². The fourth-order valence-corrected chi connectivity index (χ4v) is 2.21. The summed E-state index contributed by atoms with van der Waals surface area (Å²) in [5.74, 6) is -1.35. The summed E-state index contributed by atoms with van der Waals surface area (Å²) in [5, 5.41) is 2.55. The Bertz CT molecular complexity index is 542. The first kappa shape index (κ1) is 15.4. The highest BCUT2D eigenvalue weighted by molar-refractivity contribution is 5.97. The van der Waals surface area contributed by atoms with E-state index in [1.807, 2.05) is 0 Å². The van der Waals surface area contributed by atoms with E-state index in [9.17, 15) is 14.0 Å². The summed E-state index contributed by atoms with van der Waals surface area (Å²) < 4.78 is 18.8.